The van der Waals surface area contributed by atoms with Gasteiger partial charge < -0.3 is 5.11 Å². The molecular weight excluding hydrogens is 224 g/mol. The van der Waals surface area contributed by atoms with E-state index in [1.165, 1.54) is 5.56 Å². The van der Waals surface area contributed by atoms with Crippen LogP contribution in [0.2, 0.25) is 0 Å². The van der Waals surface area contributed by atoms with Crippen LogP contribution < -0.4 is 0 Å². The SMILES string of the molecule is Cc1ccc(-c2ccccc2C#CC(=O)O)cc1. The first-order chi connectivity index (χ1) is 8.66. The highest BCUT2D eigenvalue weighted by Gasteiger charge is 2.02. The van der Waals surface area contributed by atoms with E-state index in [1.54, 1.807) is 0 Å². The first-order valence-corrected chi connectivity index (χ1v) is 5.58. The second-order valence-electron chi connectivity index (χ2n) is 3.97. The molecule has 1 N–H and O–H groups in total. The minimum Gasteiger partial charge on any atom is -0.472 e. The van der Waals surface area contributed by atoms with Crippen LogP contribution in [0.1, 0.15) is 11.1 Å². The summed E-state index contributed by atoms with van der Waals surface area (Å²) in [6.07, 6.45) is 0. The van der Waals surface area contributed by atoms with Gasteiger partial charge in [0, 0.05) is 11.5 Å². The molecule has 0 aromatic heterocycles. The predicted octanol–water partition coefficient (Wildman–Crippen LogP) is 3.10. The van der Waals surface area contributed by atoms with Gasteiger partial charge in [-0.25, -0.2) is 4.79 Å². The summed E-state index contributed by atoms with van der Waals surface area (Å²) in [5.74, 6) is 3.71. The molecule has 88 valence electrons. The molecule has 0 aliphatic heterocycles. The van der Waals surface area contributed by atoms with Crippen LogP contribution in [0.4, 0.5) is 0 Å². The van der Waals surface area contributed by atoms with Gasteiger partial charge in [0.15, 0.2) is 0 Å². The number of carboxylic acid groups (broad SMARTS) is 1. The van der Waals surface area contributed by atoms with Crippen molar-refractivity contribution in [1.29, 1.82) is 0 Å². The molecule has 2 heteroatoms. The van der Waals surface area contributed by atoms with Crippen LogP contribution >= 0.6 is 0 Å². The molecule has 0 radical (unpaired) electrons. The zero-order valence-electron chi connectivity index (χ0n) is 9.97. The van der Waals surface area contributed by atoms with Gasteiger partial charge in [-0.1, -0.05) is 53.9 Å². The van der Waals surface area contributed by atoms with Crippen LogP contribution in [0.3, 0.4) is 0 Å². The highest BCUT2D eigenvalue weighted by molar-refractivity contribution is 5.88. The molecule has 0 aliphatic carbocycles. The smallest absolute Gasteiger partial charge is 0.382 e. The Hall–Kier alpha value is -2.53. The van der Waals surface area contributed by atoms with E-state index in [9.17, 15) is 4.79 Å². The van der Waals surface area contributed by atoms with Crippen LogP contribution in [0.15, 0.2) is 48.5 Å². The van der Waals surface area contributed by atoms with Gasteiger partial charge in [-0.15, -0.1) is 0 Å². The summed E-state index contributed by atoms with van der Waals surface area (Å²) in [6.45, 7) is 2.03. The van der Waals surface area contributed by atoms with E-state index in [-0.39, 0.29) is 0 Å². The molecule has 0 saturated carbocycles. The van der Waals surface area contributed by atoms with Gasteiger partial charge in [0.25, 0.3) is 0 Å². The van der Waals surface area contributed by atoms with Crippen molar-refractivity contribution in [2.75, 3.05) is 0 Å². The standard InChI is InChI=1S/C16H12O2/c1-12-6-8-14(9-7-12)15-5-3-2-4-13(15)10-11-16(17)18/h2-9H,1H3,(H,17,18). The van der Waals surface area contributed by atoms with Crippen LogP contribution in [0.25, 0.3) is 11.1 Å². The van der Waals surface area contributed by atoms with Crippen LogP contribution in [0.5, 0.6) is 0 Å². The highest BCUT2D eigenvalue weighted by Crippen LogP contribution is 2.23. The summed E-state index contributed by atoms with van der Waals surface area (Å²) < 4.78 is 0. The minimum absolute atomic E-state index is 0.726. The maximum absolute atomic E-state index is 10.5. The number of aliphatic carboxylic acids is 1. The zero-order chi connectivity index (χ0) is 13.0. The molecule has 0 bridgehead atoms. The van der Waals surface area contributed by atoms with Crippen LogP contribution in [0, 0.1) is 18.8 Å². The number of hydrogen-bond donors (Lipinski definition) is 1. The van der Waals surface area contributed by atoms with E-state index in [4.69, 9.17) is 5.11 Å². The van der Waals surface area contributed by atoms with Crippen LogP contribution in [-0.4, -0.2) is 11.1 Å². The second kappa shape index (κ2) is 5.20. The van der Waals surface area contributed by atoms with E-state index in [1.807, 2.05) is 55.5 Å². The number of carboxylic acids is 1. The fraction of sp³-hybridized carbons (Fsp3) is 0.0625. The Morgan fingerprint density at radius 2 is 1.72 bits per heavy atom. The molecule has 2 rings (SSSR count). The molecule has 2 aromatic carbocycles. The molecule has 0 heterocycles. The first-order valence-electron chi connectivity index (χ1n) is 5.58. The van der Waals surface area contributed by atoms with Gasteiger partial charge in [-0.05, 0) is 24.1 Å². The Bertz CT molecular complexity index is 628. The minimum atomic E-state index is -1.12. The third kappa shape index (κ3) is 2.78. The third-order valence-corrected chi connectivity index (χ3v) is 2.59. The van der Waals surface area contributed by atoms with Crippen molar-refractivity contribution in [2.45, 2.75) is 6.92 Å². The van der Waals surface area contributed by atoms with Gasteiger partial charge in [0.05, 0.1) is 0 Å². The lowest BCUT2D eigenvalue weighted by Gasteiger charge is -2.04. The molecule has 0 unspecified atom stereocenters. The third-order valence-electron chi connectivity index (χ3n) is 2.59. The molecule has 2 nitrogen and oxygen atoms in total. The average Bonchev–Trinajstić information content (AvgIpc) is 2.38. The van der Waals surface area contributed by atoms with Crippen molar-refractivity contribution in [3.05, 3.63) is 59.7 Å². The van der Waals surface area contributed by atoms with Crippen molar-refractivity contribution in [1.82, 2.24) is 0 Å². The largest absolute Gasteiger partial charge is 0.472 e. The maximum Gasteiger partial charge on any atom is 0.382 e. The van der Waals surface area contributed by atoms with Crippen molar-refractivity contribution in [2.24, 2.45) is 0 Å². The number of aryl methyl sites for hydroxylation is 1. The van der Waals surface area contributed by atoms with E-state index in [0.717, 1.165) is 16.7 Å². The summed E-state index contributed by atoms with van der Waals surface area (Å²) in [4.78, 5) is 10.5. The average molecular weight is 236 g/mol. The molecule has 2 aromatic rings. The lowest BCUT2D eigenvalue weighted by molar-refractivity contribution is -0.130. The van der Waals surface area contributed by atoms with E-state index < -0.39 is 5.97 Å². The van der Waals surface area contributed by atoms with E-state index >= 15 is 0 Å². The highest BCUT2D eigenvalue weighted by atomic mass is 16.4. The zero-order valence-corrected chi connectivity index (χ0v) is 9.97. The maximum atomic E-state index is 10.5. The van der Waals surface area contributed by atoms with Gasteiger partial charge in [0.1, 0.15) is 0 Å². The molecule has 0 amide bonds. The van der Waals surface area contributed by atoms with Gasteiger partial charge in [-0.3, -0.25) is 0 Å². The molecule has 0 saturated heterocycles. The fourth-order valence-electron chi connectivity index (χ4n) is 1.70. The van der Waals surface area contributed by atoms with Gasteiger partial charge >= 0.3 is 5.97 Å². The topological polar surface area (TPSA) is 37.3 Å². The molecule has 0 atom stereocenters. The normalized spacial score (nSPS) is 9.39. The van der Waals surface area contributed by atoms with Crippen molar-refractivity contribution in [3.8, 4) is 23.0 Å². The first kappa shape index (κ1) is 11.9. The molecular formula is C16H12O2. The van der Waals surface area contributed by atoms with Crippen molar-refractivity contribution >= 4 is 5.97 Å². The molecule has 0 aliphatic rings. The summed E-state index contributed by atoms with van der Waals surface area (Å²) in [5.41, 5.74) is 3.90. The molecule has 18 heavy (non-hydrogen) atoms. The molecule has 0 spiro atoms. The Labute approximate surface area is 106 Å². The Morgan fingerprint density at radius 1 is 1.06 bits per heavy atom. The molecule has 0 fully saturated rings. The number of rotatable bonds is 1. The van der Waals surface area contributed by atoms with Gasteiger partial charge in [-0.2, -0.15) is 0 Å². The van der Waals surface area contributed by atoms with Crippen molar-refractivity contribution < 1.29 is 9.90 Å². The lowest BCUT2D eigenvalue weighted by atomic mass is 9.99. The lowest BCUT2D eigenvalue weighted by Crippen LogP contribution is -1.89. The van der Waals surface area contributed by atoms with Gasteiger partial charge in [0.2, 0.25) is 0 Å². The fourth-order valence-corrected chi connectivity index (χ4v) is 1.70. The number of carbonyl (C=O) groups is 1. The predicted molar refractivity (Wildman–Crippen MR) is 71.1 cm³/mol. The van der Waals surface area contributed by atoms with E-state index in [2.05, 4.69) is 11.8 Å². The summed E-state index contributed by atoms with van der Waals surface area (Å²) in [7, 11) is 0. The number of hydrogen-bond acceptors (Lipinski definition) is 1. The van der Waals surface area contributed by atoms with Crippen LogP contribution in [-0.2, 0) is 4.79 Å². The quantitative estimate of drug-likeness (QED) is 0.772. The Kier molecular flexibility index (Phi) is 3.45. The monoisotopic (exact) mass is 236 g/mol. The second-order valence-corrected chi connectivity index (χ2v) is 3.97. The van der Waals surface area contributed by atoms with E-state index in [0.29, 0.717) is 0 Å². The summed E-state index contributed by atoms with van der Waals surface area (Å²) in [5, 5.41) is 8.60. The Balaban J connectivity index is 2.49. The summed E-state index contributed by atoms with van der Waals surface area (Å²) >= 11 is 0. The summed E-state index contributed by atoms with van der Waals surface area (Å²) in [6, 6.07) is 15.6. The van der Waals surface area contributed by atoms with Crippen molar-refractivity contribution in [3.63, 3.8) is 0 Å². The Morgan fingerprint density at radius 3 is 2.39 bits per heavy atom. The number of benzene rings is 2.